The maximum atomic E-state index is 10.8. The molecular formula is C6H9NO2S. The molecule has 1 heterocycles. The van der Waals surface area contributed by atoms with Crippen molar-refractivity contribution in [1.29, 1.82) is 0 Å². The largest absolute Gasteiger partial charge is 0.467 e. The summed E-state index contributed by atoms with van der Waals surface area (Å²) in [6, 6.07) is 0. The average Bonchev–Trinajstić information content (AvgIpc) is 2.34. The van der Waals surface area contributed by atoms with Crippen LogP contribution >= 0.6 is 11.8 Å². The minimum atomic E-state index is -0.301. The number of rotatable bonds is 1. The number of hydrogen-bond donors (Lipinski definition) is 0. The Hall–Kier alpha value is -0.510. The van der Waals surface area contributed by atoms with Crippen LogP contribution in [-0.2, 0) is 9.53 Å². The molecule has 0 bridgehead atoms. The zero-order chi connectivity index (χ0) is 7.56. The van der Waals surface area contributed by atoms with Gasteiger partial charge < -0.3 is 4.74 Å². The minimum Gasteiger partial charge on any atom is -0.467 e. The van der Waals surface area contributed by atoms with Crippen molar-refractivity contribution in [2.24, 2.45) is 4.99 Å². The van der Waals surface area contributed by atoms with E-state index in [4.69, 9.17) is 0 Å². The zero-order valence-electron chi connectivity index (χ0n) is 5.96. The van der Waals surface area contributed by atoms with Crippen molar-refractivity contribution in [2.45, 2.75) is 12.3 Å². The van der Waals surface area contributed by atoms with Crippen molar-refractivity contribution in [2.75, 3.05) is 12.9 Å². The molecule has 0 radical (unpaired) electrons. The lowest BCUT2D eigenvalue weighted by Crippen LogP contribution is -2.13. The molecule has 0 spiro atoms. The van der Waals surface area contributed by atoms with E-state index in [2.05, 4.69) is 9.73 Å². The van der Waals surface area contributed by atoms with E-state index < -0.39 is 0 Å². The first kappa shape index (κ1) is 7.60. The molecule has 1 aliphatic heterocycles. The van der Waals surface area contributed by atoms with Crippen LogP contribution in [0.1, 0.15) is 6.92 Å². The molecule has 0 N–H and O–H groups in total. The Labute approximate surface area is 63.9 Å². The summed E-state index contributed by atoms with van der Waals surface area (Å²) in [6.45, 7) is 1.91. The van der Waals surface area contributed by atoms with Crippen molar-refractivity contribution in [3.63, 3.8) is 0 Å². The van der Waals surface area contributed by atoms with E-state index in [1.54, 1.807) is 0 Å². The molecule has 0 fully saturated rings. The fourth-order valence-corrected chi connectivity index (χ4v) is 1.66. The van der Waals surface area contributed by atoms with E-state index in [1.807, 2.05) is 6.92 Å². The molecule has 0 amide bonds. The highest BCUT2D eigenvalue weighted by atomic mass is 32.2. The Balaban J connectivity index is 2.52. The van der Waals surface area contributed by atoms with E-state index in [1.165, 1.54) is 18.9 Å². The van der Waals surface area contributed by atoms with Crippen LogP contribution in [0.15, 0.2) is 4.99 Å². The van der Waals surface area contributed by atoms with Gasteiger partial charge in [-0.05, 0) is 6.92 Å². The van der Waals surface area contributed by atoms with Crippen molar-refractivity contribution in [3.8, 4) is 0 Å². The van der Waals surface area contributed by atoms with Gasteiger partial charge in [0.25, 0.3) is 0 Å². The van der Waals surface area contributed by atoms with Crippen LogP contribution in [0.5, 0.6) is 0 Å². The maximum absolute atomic E-state index is 10.8. The molecule has 4 heteroatoms. The van der Waals surface area contributed by atoms with Crippen molar-refractivity contribution >= 4 is 23.4 Å². The van der Waals surface area contributed by atoms with E-state index in [0.29, 0.717) is 0 Å². The summed E-state index contributed by atoms with van der Waals surface area (Å²) in [6.07, 6.45) is 0. The number of carbonyl (C=O) groups excluding carboxylic acids is 1. The first-order valence-electron chi connectivity index (χ1n) is 2.96. The molecule has 0 aromatic carbocycles. The van der Waals surface area contributed by atoms with E-state index >= 15 is 0 Å². The Kier molecular flexibility index (Phi) is 2.32. The second-order valence-electron chi connectivity index (χ2n) is 2.05. The lowest BCUT2D eigenvalue weighted by molar-refractivity contribution is -0.139. The number of esters is 1. The molecule has 0 aromatic rings. The molecule has 0 unspecified atom stereocenters. The second kappa shape index (κ2) is 3.05. The van der Waals surface area contributed by atoms with Gasteiger partial charge in [-0.1, -0.05) is 0 Å². The molecule has 10 heavy (non-hydrogen) atoms. The molecule has 3 nitrogen and oxygen atoms in total. The van der Waals surface area contributed by atoms with Crippen LogP contribution in [0.25, 0.3) is 0 Å². The van der Waals surface area contributed by atoms with Gasteiger partial charge in [-0.15, -0.1) is 11.8 Å². The molecule has 1 aliphatic rings. The van der Waals surface area contributed by atoms with Crippen molar-refractivity contribution in [3.05, 3.63) is 0 Å². The van der Waals surface area contributed by atoms with Crippen LogP contribution in [0.2, 0.25) is 0 Å². The average molecular weight is 159 g/mol. The Morgan fingerprint density at radius 1 is 1.90 bits per heavy atom. The molecule has 0 saturated carbocycles. The number of hydrogen-bond acceptors (Lipinski definition) is 4. The van der Waals surface area contributed by atoms with Gasteiger partial charge in [-0.2, -0.15) is 0 Å². The fourth-order valence-electron chi connectivity index (χ4n) is 0.696. The third kappa shape index (κ3) is 1.50. The Bertz CT molecular complexity index is 179. The van der Waals surface area contributed by atoms with Gasteiger partial charge in [-0.25, -0.2) is 4.79 Å². The lowest BCUT2D eigenvalue weighted by atomic mass is 10.5. The van der Waals surface area contributed by atoms with Crippen LogP contribution < -0.4 is 0 Å². The molecular weight excluding hydrogens is 150 g/mol. The van der Waals surface area contributed by atoms with Gasteiger partial charge in [0.05, 0.1) is 7.11 Å². The summed E-state index contributed by atoms with van der Waals surface area (Å²) < 4.78 is 4.52. The summed E-state index contributed by atoms with van der Waals surface area (Å²) in [5.41, 5.74) is 1.01. The first-order chi connectivity index (χ1) is 4.74. The molecule has 0 aromatic heterocycles. The molecule has 1 atom stereocenters. The summed E-state index contributed by atoms with van der Waals surface area (Å²) >= 11 is 1.50. The number of nitrogens with zero attached hydrogens (tertiary/aromatic N) is 1. The monoisotopic (exact) mass is 159 g/mol. The number of thioether (sulfide) groups is 1. The predicted octanol–water partition coefficient (Wildman–Crippen LogP) is 0.693. The number of methoxy groups -OCH3 is 1. The molecule has 56 valence electrons. The van der Waals surface area contributed by atoms with E-state index in [9.17, 15) is 4.79 Å². The smallest absolute Gasteiger partial charge is 0.341 e. The van der Waals surface area contributed by atoms with Crippen molar-refractivity contribution < 1.29 is 9.53 Å². The Morgan fingerprint density at radius 2 is 2.60 bits per heavy atom. The quantitative estimate of drug-likeness (QED) is 0.528. The van der Waals surface area contributed by atoms with Crippen LogP contribution in [0.4, 0.5) is 0 Å². The topological polar surface area (TPSA) is 38.7 Å². The summed E-state index contributed by atoms with van der Waals surface area (Å²) in [5, 5.41) is -0.301. The normalized spacial score (nSPS) is 24.2. The predicted molar refractivity (Wildman–Crippen MR) is 41.4 cm³/mol. The van der Waals surface area contributed by atoms with Gasteiger partial charge in [-0.3, -0.25) is 4.99 Å². The standard InChI is InChI=1S/C6H9NO2S/c1-4-3-10-5(7-4)6(8)9-2/h5H,3H2,1-2H3/t5-/m1/s1. The second-order valence-corrected chi connectivity index (χ2v) is 3.12. The minimum absolute atomic E-state index is 0.248. The van der Waals surface area contributed by atoms with Gasteiger partial charge in [0, 0.05) is 11.5 Å². The third-order valence-corrected chi connectivity index (χ3v) is 2.39. The maximum Gasteiger partial charge on any atom is 0.341 e. The van der Waals surface area contributed by atoms with Crippen LogP contribution in [0.3, 0.4) is 0 Å². The van der Waals surface area contributed by atoms with E-state index in [-0.39, 0.29) is 11.3 Å². The van der Waals surface area contributed by atoms with Gasteiger partial charge >= 0.3 is 5.97 Å². The van der Waals surface area contributed by atoms with Crippen LogP contribution in [-0.4, -0.2) is 29.9 Å². The molecule has 0 saturated heterocycles. The van der Waals surface area contributed by atoms with Gasteiger partial charge in [0.2, 0.25) is 0 Å². The van der Waals surface area contributed by atoms with Crippen molar-refractivity contribution in [1.82, 2.24) is 0 Å². The lowest BCUT2D eigenvalue weighted by Gasteiger charge is -2.00. The van der Waals surface area contributed by atoms with Crippen LogP contribution in [0, 0.1) is 0 Å². The highest BCUT2D eigenvalue weighted by Gasteiger charge is 2.23. The third-order valence-electron chi connectivity index (χ3n) is 1.19. The number of carbonyl (C=O) groups is 1. The summed E-state index contributed by atoms with van der Waals surface area (Å²) in [4.78, 5) is 14.9. The summed E-state index contributed by atoms with van der Waals surface area (Å²) in [5.74, 6) is 0.599. The SMILES string of the molecule is COC(=O)[C@@H]1N=C(C)CS1. The van der Waals surface area contributed by atoms with E-state index in [0.717, 1.165) is 11.5 Å². The molecule has 0 aliphatic carbocycles. The van der Waals surface area contributed by atoms with Gasteiger partial charge in [0.1, 0.15) is 0 Å². The molecule has 1 rings (SSSR count). The highest BCUT2D eigenvalue weighted by Crippen LogP contribution is 2.20. The Morgan fingerprint density at radius 3 is 3.00 bits per heavy atom. The number of aliphatic imine (C=N–C) groups is 1. The van der Waals surface area contributed by atoms with Gasteiger partial charge in [0.15, 0.2) is 5.37 Å². The highest BCUT2D eigenvalue weighted by molar-refractivity contribution is 8.01. The summed E-state index contributed by atoms with van der Waals surface area (Å²) in [7, 11) is 1.38. The first-order valence-corrected chi connectivity index (χ1v) is 4.01. The number of ether oxygens (including phenoxy) is 1. The zero-order valence-corrected chi connectivity index (χ0v) is 6.77. The fraction of sp³-hybridized carbons (Fsp3) is 0.667.